The summed E-state index contributed by atoms with van der Waals surface area (Å²) in [5, 5.41) is 11.7. The Hall–Kier alpha value is -2.63. The second-order valence-electron chi connectivity index (χ2n) is 5.55. The van der Waals surface area contributed by atoms with Crippen molar-refractivity contribution in [3.63, 3.8) is 0 Å². The molecular weight excluding hydrogens is 281 g/mol. The highest BCUT2D eigenvalue weighted by molar-refractivity contribution is 5.78. The maximum absolute atomic E-state index is 14.1. The van der Waals surface area contributed by atoms with Crippen LogP contribution in [0, 0.1) is 5.82 Å². The average molecular weight is 297 g/mol. The average Bonchev–Trinajstić information content (AvgIpc) is 3.24. The highest BCUT2D eigenvalue weighted by atomic mass is 19.1. The van der Waals surface area contributed by atoms with Crippen LogP contribution in [0.2, 0.25) is 0 Å². The van der Waals surface area contributed by atoms with E-state index < -0.39 is 0 Å². The van der Waals surface area contributed by atoms with Gasteiger partial charge in [-0.1, -0.05) is 0 Å². The van der Waals surface area contributed by atoms with Gasteiger partial charge in [0.1, 0.15) is 11.5 Å². The summed E-state index contributed by atoms with van der Waals surface area (Å²) in [5.74, 6) is -0.317. The zero-order valence-electron chi connectivity index (χ0n) is 12.2. The molecule has 6 heteroatoms. The van der Waals surface area contributed by atoms with Crippen LogP contribution in [0.1, 0.15) is 12.8 Å². The van der Waals surface area contributed by atoms with Gasteiger partial charge in [0.2, 0.25) is 0 Å². The number of rotatable bonds is 4. The van der Waals surface area contributed by atoms with E-state index in [9.17, 15) is 4.39 Å². The van der Waals surface area contributed by atoms with E-state index in [4.69, 9.17) is 0 Å². The standard InChI is InChI=1S/C16H16FN5/c1-18-12-4-5-14(17)15(7-12)22-9-10-6-13(20-11-2-3-11)8-19-16(10)21-22/h4-9,11,18,20H,2-3H2,1H3. The van der Waals surface area contributed by atoms with Crippen molar-refractivity contribution in [2.24, 2.45) is 0 Å². The SMILES string of the molecule is CNc1ccc(F)c(-n2cc3cc(NC4CC4)cnc3n2)c1. The van der Waals surface area contributed by atoms with E-state index in [0.717, 1.165) is 16.8 Å². The first-order valence-corrected chi connectivity index (χ1v) is 7.32. The molecule has 0 unspecified atom stereocenters. The van der Waals surface area contributed by atoms with Crippen LogP contribution >= 0.6 is 0 Å². The maximum Gasteiger partial charge on any atom is 0.181 e. The van der Waals surface area contributed by atoms with Crippen molar-refractivity contribution < 1.29 is 4.39 Å². The van der Waals surface area contributed by atoms with E-state index in [2.05, 4.69) is 20.7 Å². The molecule has 2 heterocycles. The second kappa shape index (κ2) is 4.98. The molecule has 4 rings (SSSR count). The van der Waals surface area contributed by atoms with Gasteiger partial charge < -0.3 is 10.6 Å². The second-order valence-corrected chi connectivity index (χ2v) is 5.55. The van der Waals surface area contributed by atoms with Crippen molar-refractivity contribution in [3.8, 4) is 5.69 Å². The Morgan fingerprint density at radius 2 is 2.09 bits per heavy atom. The van der Waals surface area contributed by atoms with E-state index in [-0.39, 0.29) is 5.82 Å². The first-order chi connectivity index (χ1) is 10.7. The smallest absolute Gasteiger partial charge is 0.181 e. The quantitative estimate of drug-likeness (QED) is 0.776. The fourth-order valence-corrected chi connectivity index (χ4v) is 2.43. The van der Waals surface area contributed by atoms with Crippen LogP contribution in [0.4, 0.5) is 15.8 Å². The monoisotopic (exact) mass is 297 g/mol. The molecule has 3 aromatic rings. The van der Waals surface area contributed by atoms with E-state index in [0.29, 0.717) is 17.4 Å². The summed E-state index contributed by atoms with van der Waals surface area (Å²) in [6.07, 6.45) is 6.00. The largest absolute Gasteiger partial charge is 0.388 e. The zero-order valence-corrected chi connectivity index (χ0v) is 12.2. The van der Waals surface area contributed by atoms with Crippen molar-refractivity contribution >= 4 is 22.4 Å². The molecule has 0 spiro atoms. The molecule has 1 saturated carbocycles. The van der Waals surface area contributed by atoms with E-state index in [1.165, 1.54) is 23.6 Å². The summed E-state index contributed by atoms with van der Waals surface area (Å²) in [7, 11) is 1.80. The van der Waals surface area contributed by atoms with Gasteiger partial charge in [-0.2, -0.15) is 0 Å². The summed E-state index contributed by atoms with van der Waals surface area (Å²) in [6, 6.07) is 7.42. The molecule has 0 radical (unpaired) electrons. The number of halogens is 1. The lowest BCUT2D eigenvalue weighted by Gasteiger charge is -2.05. The number of pyridine rings is 1. The normalized spacial score (nSPS) is 14.3. The fourth-order valence-electron chi connectivity index (χ4n) is 2.43. The Morgan fingerprint density at radius 1 is 1.23 bits per heavy atom. The Bertz CT molecular complexity index is 838. The predicted molar refractivity (Wildman–Crippen MR) is 85.0 cm³/mol. The molecule has 0 aliphatic heterocycles. The maximum atomic E-state index is 14.1. The van der Waals surface area contributed by atoms with Crippen molar-refractivity contribution in [3.05, 3.63) is 42.5 Å². The summed E-state index contributed by atoms with van der Waals surface area (Å²) in [6.45, 7) is 0. The molecule has 2 aromatic heterocycles. The lowest BCUT2D eigenvalue weighted by Crippen LogP contribution is -2.00. The zero-order chi connectivity index (χ0) is 15.1. The molecule has 0 amide bonds. The molecule has 0 atom stereocenters. The number of anilines is 2. The van der Waals surface area contributed by atoms with E-state index in [1.807, 2.05) is 6.07 Å². The molecular formula is C16H16FN5. The molecule has 1 aromatic carbocycles. The van der Waals surface area contributed by atoms with Crippen LogP contribution < -0.4 is 10.6 Å². The van der Waals surface area contributed by atoms with Crippen molar-refractivity contribution in [2.75, 3.05) is 17.7 Å². The summed E-state index contributed by atoms with van der Waals surface area (Å²) < 4.78 is 15.6. The van der Waals surface area contributed by atoms with Crippen LogP contribution in [0.5, 0.6) is 0 Å². The molecule has 0 bridgehead atoms. The van der Waals surface area contributed by atoms with Gasteiger partial charge in [0, 0.05) is 30.4 Å². The lowest BCUT2D eigenvalue weighted by molar-refractivity contribution is 0.611. The number of nitrogens with zero attached hydrogens (tertiary/aromatic N) is 3. The third kappa shape index (κ3) is 2.36. The summed E-state index contributed by atoms with van der Waals surface area (Å²) in [5.41, 5.74) is 2.83. The molecule has 1 aliphatic carbocycles. The number of hydrogen-bond acceptors (Lipinski definition) is 4. The lowest BCUT2D eigenvalue weighted by atomic mass is 10.2. The fraction of sp³-hybridized carbons (Fsp3) is 0.250. The van der Waals surface area contributed by atoms with Crippen molar-refractivity contribution in [1.82, 2.24) is 14.8 Å². The minimum Gasteiger partial charge on any atom is -0.388 e. The number of fused-ring (bicyclic) bond motifs is 1. The van der Waals surface area contributed by atoms with Crippen LogP contribution in [-0.2, 0) is 0 Å². The number of hydrogen-bond donors (Lipinski definition) is 2. The molecule has 2 N–H and O–H groups in total. The van der Waals surface area contributed by atoms with Gasteiger partial charge in [-0.05, 0) is 37.1 Å². The highest BCUT2D eigenvalue weighted by Gasteiger charge is 2.21. The third-order valence-corrected chi connectivity index (χ3v) is 3.79. The molecule has 22 heavy (non-hydrogen) atoms. The number of nitrogens with one attached hydrogen (secondary N) is 2. The Labute approximate surface area is 127 Å². The number of benzene rings is 1. The number of aromatic nitrogens is 3. The Balaban J connectivity index is 1.75. The highest BCUT2D eigenvalue weighted by Crippen LogP contribution is 2.26. The first-order valence-electron chi connectivity index (χ1n) is 7.32. The summed E-state index contributed by atoms with van der Waals surface area (Å²) in [4.78, 5) is 4.35. The summed E-state index contributed by atoms with van der Waals surface area (Å²) >= 11 is 0. The van der Waals surface area contributed by atoms with Crippen molar-refractivity contribution in [1.29, 1.82) is 0 Å². The van der Waals surface area contributed by atoms with Gasteiger partial charge >= 0.3 is 0 Å². The molecule has 0 saturated heterocycles. The molecule has 112 valence electrons. The van der Waals surface area contributed by atoms with Crippen LogP contribution in [-0.4, -0.2) is 27.9 Å². The van der Waals surface area contributed by atoms with Crippen molar-refractivity contribution in [2.45, 2.75) is 18.9 Å². The minimum absolute atomic E-state index is 0.317. The van der Waals surface area contributed by atoms with Gasteiger partial charge in [-0.15, -0.1) is 5.10 Å². The molecule has 1 fully saturated rings. The Kier molecular flexibility index (Phi) is 2.96. The topological polar surface area (TPSA) is 54.8 Å². The van der Waals surface area contributed by atoms with Crippen LogP contribution in [0.3, 0.4) is 0 Å². The van der Waals surface area contributed by atoms with Gasteiger partial charge in [-0.3, -0.25) is 0 Å². The van der Waals surface area contributed by atoms with Gasteiger partial charge in [-0.25, -0.2) is 14.1 Å². The van der Waals surface area contributed by atoms with E-state index in [1.54, 1.807) is 31.6 Å². The van der Waals surface area contributed by atoms with Gasteiger partial charge in [0.25, 0.3) is 0 Å². The molecule has 5 nitrogen and oxygen atoms in total. The van der Waals surface area contributed by atoms with Crippen LogP contribution in [0.15, 0.2) is 36.7 Å². The van der Waals surface area contributed by atoms with Crippen LogP contribution in [0.25, 0.3) is 16.7 Å². The minimum atomic E-state index is -0.317. The van der Waals surface area contributed by atoms with Gasteiger partial charge in [0.05, 0.1) is 11.9 Å². The van der Waals surface area contributed by atoms with E-state index >= 15 is 0 Å². The third-order valence-electron chi connectivity index (χ3n) is 3.79. The first kappa shape index (κ1) is 13.1. The Morgan fingerprint density at radius 3 is 2.86 bits per heavy atom. The molecule has 1 aliphatic rings. The van der Waals surface area contributed by atoms with Gasteiger partial charge in [0.15, 0.2) is 5.65 Å². The predicted octanol–water partition coefficient (Wildman–Crippen LogP) is 3.18.